The van der Waals surface area contributed by atoms with Crippen LogP contribution >= 0.6 is 15.9 Å². The van der Waals surface area contributed by atoms with Gasteiger partial charge in [-0.2, -0.15) is 0 Å². The normalized spacial score (nSPS) is 16.8. The van der Waals surface area contributed by atoms with Crippen LogP contribution in [0.1, 0.15) is 16.7 Å². The highest BCUT2D eigenvalue weighted by Crippen LogP contribution is 2.39. The Labute approximate surface area is 162 Å². The van der Waals surface area contributed by atoms with Gasteiger partial charge in [-0.3, -0.25) is 4.90 Å². The van der Waals surface area contributed by atoms with Crippen LogP contribution in [0.25, 0.3) is 0 Å². The number of rotatable bonds is 6. The molecule has 0 radical (unpaired) electrons. The number of nitrogens with zero attached hydrogens (tertiary/aromatic N) is 1. The lowest BCUT2D eigenvalue weighted by Gasteiger charge is -2.27. The van der Waals surface area contributed by atoms with Gasteiger partial charge in [-0.25, -0.2) is 0 Å². The summed E-state index contributed by atoms with van der Waals surface area (Å²) >= 11 is 3.55. The second-order valence-electron chi connectivity index (χ2n) is 6.57. The van der Waals surface area contributed by atoms with E-state index in [4.69, 9.17) is 14.2 Å². The number of hydrogen-bond donors (Lipinski definition) is 1. The van der Waals surface area contributed by atoms with Crippen LogP contribution in [0.4, 0.5) is 0 Å². The minimum absolute atomic E-state index is 0.291. The highest BCUT2D eigenvalue weighted by atomic mass is 79.9. The second kappa shape index (κ2) is 8.39. The molecule has 2 aliphatic rings. The third kappa shape index (κ3) is 4.20. The van der Waals surface area contributed by atoms with Crippen LogP contribution in [-0.2, 0) is 24.4 Å². The van der Waals surface area contributed by atoms with E-state index in [0.717, 1.165) is 61.9 Å². The summed E-state index contributed by atoms with van der Waals surface area (Å²) in [5, 5.41) is 3.55. The van der Waals surface area contributed by atoms with Crippen LogP contribution < -0.4 is 14.8 Å². The first kappa shape index (κ1) is 17.8. The maximum atomic E-state index is 5.49. The number of fused-ring (bicyclic) bond motifs is 1. The van der Waals surface area contributed by atoms with Crippen molar-refractivity contribution in [1.29, 1.82) is 0 Å². The van der Waals surface area contributed by atoms with E-state index in [0.29, 0.717) is 6.79 Å². The summed E-state index contributed by atoms with van der Waals surface area (Å²) in [4.78, 5) is 2.46. The fourth-order valence-electron chi connectivity index (χ4n) is 3.35. The lowest BCUT2D eigenvalue weighted by atomic mass is 10.1. The van der Waals surface area contributed by atoms with E-state index >= 15 is 0 Å². The summed E-state index contributed by atoms with van der Waals surface area (Å²) in [6, 6.07) is 12.8. The molecule has 5 nitrogen and oxygen atoms in total. The van der Waals surface area contributed by atoms with Gasteiger partial charge < -0.3 is 19.5 Å². The van der Waals surface area contributed by atoms with Crippen molar-refractivity contribution in [2.24, 2.45) is 0 Å². The zero-order chi connectivity index (χ0) is 17.8. The van der Waals surface area contributed by atoms with Gasteiger partial charge in [0.2, 0.25) is 6.79 Å². The third-order valence-corrected chi connectivity index (χ3v) is 5.34. The molecule has 0 aliphatic carbocycles. The predicted molar refractivity (Wildman–Crippen MR) is 103 cm³/mol. The third-order valence-electron chi connectivity index (χ3n) is 4.75. The van der Waals surface area contributed by atoms with E-state index in [1.807, 2.05) is 6.07 Å². The molecular formula is C20H23BrN2O3. The quantitative estimate of drug-likeness (QED) is 0.779. The number of hydrogen-bond acceptors (Lipinski definition) is 5. The minimum Gasteiger partial charge on any atom is -0.454 e. The average Bonchev–Trinajstić information content (AvgIpc) is 3.13. The van der Waals surface area contributed by atoms with Gasteiger partial charge in [0, 0.05) is 32.7 Å². The Hall–Kier alpha value is -1.60. The van der Waals surface area contributed by atoms with Gasteiger partial charge in [-0.05, 0) is 44.8 Å². The second-order valence-corrected chi connectivity index (χ2v) is 7.43. The zero-order valence-corrected chi connectivity index (χ0v) is 16.3. The Morgan fingerprint density at radius 2 is 1.81 bits per heavy atom. The fourth-order valence-corrected chi connectivity index (χ4v) is 3.95. The number of morpholine rings is 1. The van der Waals surface area contributed by atoms with Crippen LogP contribution in [0.2, 0.25) is 0 Å². The number of nitrogens with one attached hydrogen (secondary N) is 1. The molecule has 2 aromatic carbocycles. The summed E-state index contributed by atoms with van der Waals surface area (Å²) in [6.45, 7) is 6.57. The summed E-state index contributed by atoms with van der Waals surface area (Å²) in [6.07, 6.45) is 0. The lowest BCUT2D eigenvalue weighted by molar-refractivity contribution is 0.0340. The Morgan fingerprint density at radius 3 is 2.65 bits per heavy atom. The van der Waals surface area contributed by atoms with E-state index < -0.39 is 0 Å². The van der Waals surface area contributed by atoms with Gasteiger partial charge in [0.15, 0.2) is 11.5 Å². The van der Waals surface area contributed by atoms with Crippen LogP contribution in [0.15, 0.2) is 40.9 Å². The Bertz CT molecular complexity index is 763. The molecule has 1 fully saturated rings. The van der Waals surface area contributed by atoms with Crippen LogP contribution in [-0.4, -0.2) is 38.0 Å². The van der Waals surface area contributed by atoms with Crippen molar-refractivity contribution in [2.75, 3.05) is 33.1 Å². The highest BCUT2D eigenvalue weighted by molar-refractivity contribution is 9.10. The molecule has 138 valence electrons. The Balaban J connectivity index is 1.37. The Kier molecular flexibility index (Phi) is 5.75. The molecule has 1 N–H and O–H groups in total. The van der Waals surface area contributed by atoms with Crippen molar-refractivity contribution in [3.63, 3.8) is 0 Å². The largest absolute Gasteiger partial charge is 0.454 e. The van der Waals surface area contributed by atoms with Crippen molar-refractivity contribution in [2.45, 2.75) is 19.6 Å². The maximum Gasteiger partial charge on any atom is 0.231 e. The van der Waals surface area contributed by atoms with Crippen molar-refractivity contribution in [3.05, 3.63) is 57.6 Å². The SMILES string of the molecule is Brc1cc(CNCc2ccccc2CN2CCOCC2)cc2c1OCO2. The molecule has 2 heterocycles. The summed E-state index contributed by atoms with van der Waals surface area (Å²) in [5.41, 5.74) is 3.90. The van der Waals surface area contributed by atoms with Gasteiger partial charge in [0.1, 0.15) is 0 Å². The molecule has 0 atom stereocenters. The summed E-state index contributed by atoms with van der Waals surface area (Å²) < 4.78 is 17.3. The molecule has 0 aromatic heterocycles. The molecular weight excluding hydrogens is 396 g/mol. The zero-order valence-electron chi connectivity index (χ0n) is 14.7. The van der Waals surface area contributed by atoms with Crippen LogP contribution in [0.3, 0.4) is 0 Å². The lowest BCUT2D eigenvalue weighted by Crippen LogP contribution is -2.36. The molecule has 0 spiro atoms. The summed E-state index contributed by atoms with van der Waals surface area (Å²) in [7, 11) is 0. The minimum atomic E-state index is 0.291. The van der Waals surface area contributed by atoms with Crippen LogP contribution in [0.5, 0.6) is 11.5 Å². The van der Waals surface area contributed by atoms with Gasteiger partial charge in [-0.1, -0.05) is 24.3 Å². The molecule has 0 unspecified atom stereocenters. The topological polar surface area (TPSA) is 43.0 Å². The maximum absolute atomic E-state index is 5.49. The van der Waals surface area contributed by atoms with E-state index in [1.54, 1.807) is 0 Å². The van der Waals surface area contributed by atoms with Crippen molar-refractivity contribution < 1.29 is 14.2 Å². The first-order valence-electron chi connectivity index (χ1n) is 8.95. The van der Waals surface area contributed by atoms with Gasteiger partial charge >= 0.3 is 0 Å². The number of halogens is 1. The first-order valence-corrected chi connectivity index (χ1v) is 9.74. The predicted octanol–water partition coefficient (Wildman–Crippen LogP) is 3.30. The van der Waals surface area contributed by atoms with Gasteiger partial charge in [0.25, 0.3) is 0 Å². The summed E-state index contributed by atoms with van der Waals surface area (Å²) in [5.74, 6) is 1.61. The molecule has 6 heteroatoms. The first-order chi connectivity index (χ1) is 12.8. The van der Waals surface area contributed by atoms with Crippen molar-refractivity contribution in [1.82, 2.24) is 10.2 Å². The number of benzene rings is 2. The monoisotopic (exact) mass is 418 g/mol. The molecule has 0 bridgehead atoms. The van der Waals surface area contributed by atoms with E-state index in [2.05, 4.69) is 56.5 Å². The molecule has 1 saturated heterocycles. The number of ether oxygens (including phenoxy) is 3. The molecule has 2 aliphatic heterocycles. The highest BCUT2D eigenvalue weighted by Gasteiger charge is 2.18. The van der Waals surface area contributed by atoms with E-state index in [-0.39, 0.29) is 0 Å². The molecule has 26 heavy (non-hydrogen) atoms. The standard InChI is InChI=1S/C20H23BrN2O3/c21-18-9-15(10-19-20(18)26-14-25-19)11-22-12-16-3-1-2-4-17(16)13-23-5-7-24-8-6-23/h1-4,9-10,22H,5-8,11-14H2. The molecule has 4 rings (SSSR count). The van der Waals surface area contributed by atoms with Gasteiger partial charge in [0.05, 0.1) is 17.7 Å². The fraction of sp³-hybridized carbons (Fsp3) is 0.400. The van der Waals surface area contributed by atoms with Gasteiger partial charge in [-0.15, -0.1) is 0 Å². The van der Waals surface area contributed by atoms with E-state index in [9.17, 15) is 0 Å². The van der Waals surface area contributed by atoms with E-state index in [1.165, 1.54) is 16.7 Å². The molecule has 0 saturated carbocycles. The van der Waals surface area contributed by atoms with Crippen LogP contribution in [0, 0.1) is 0 Å². The Morgan fingerprint density at radius 1 is 1.00 bits per heavy atom. The van der Waals surface area contributed by atoms with Crippen molar-refractivity contribution >= 4 is 15.9 Å². The molecule has 0 amide bonds. The van der Waals surface area contributed by atoms with Crippen molar-refractivity contribution in [3.8, 4) is 11.5 Å². The average molecular weight is 419 g/mol. The smallest absolute Gasteiger partial charge is 0.231 e. The molecule has 2 aromatic rings.